The molecule has 0 unspecified atom stereocenters. The van der Waals surface area contributed by atoms with Gasteiger partial charge in [-0.3, -0.25) is 4.79 Å². The Morgan fingerprint density at radius 2 is 1.81 bits per heavy atom. The lowest BCUT2D eigenvalue weighted by Crippen LogP contribution is -2.17. The second-order valence-corrected chi connectivity index (χ2v) is 7.42. The maximum Gasteiger partial charge on any atom is 0.251 e. The van der Waals surface area contributed by atoms with Gasteiger partial charge in [-0.25, -0.2) is 4.39 Å². The lowest BCUT2D eigenvalue weighted by atomic mass is 9.97. The predicted molar refractivity (Wildman–Crippen MR) is 109 cm³/mol. The Labute approximate surface area is 162 Å². The minimum absolute atomic E-state index is 0.283. The Bertz CT molecular complexity index is 763. The van der Waals surface area contributed by atoms with Crippen molar-refractivity contribution in [3.63, 3.8) is 0 Å². The molecule has 1 aromatic heterocycles. The third-order valence-electron chi connectivity index (χ3n) is 5.01. The zero-order valence-electron chi connectivity index (χ0n) is 17.0. The fraction of sp³-hybridized carbons (Fsp3) is 0.500. The van der Waals surface area contributed by atoms with Crippen LogP contribution < -0.4 is 5.73 Å². The molecule has 0 atom stereocenters. The molecule has 2 aromatic rings. The summed E-state index contributed by atoms with van der Waals surface area (Å²) in [6.07, 6.45) is 5.20. The molecular weight excluding hydrogens is 341 g/mol. The Kier molecular flexibility index (Phi) is 7.60. The molecule has 4 nitrogen and oxygen atoms in total. The molecule has 0 aliphatic carbocycles. The minimum atomic E-state index is -0.421. The van der Waals surface area contributed by atoms with Crippen molar-refractivity contribution >= 4 is 5.91 Å². The summed E-state index contributed by atoms with van der Waals surface area (Å²) >= 11 is 0. The van der Waals surface area contributed by atoms with E-state index in [1.54, 1.807) is 12.1 Å². The van der Waals surface area contributed by atoms with Gasteiger partial charge in [0, 0.05) is 23.5 Å². The van der Waals surface area contributed by atoms with E-state index in [9.17, 15) is 9.18 Å². The van der Waals surface area contributed by atoms with Gasteiger partial charge in [0.05, 0.1) is 5.56 Å². The van der Waals surface area contributed by atoms with Crippen LogP contribution in [0.3, 0.4) is 0 Å². The molecule has 1 heterocycles. The molecule has 0 fully saturated rings. The number of hydrogen-bond acceptors (Lipinski definition) is 2. The molecule has 148 valence electrons. The van der Waals surface area contributed by atoms with Crippen molar-refractivity contribution in [3.05, 3.63) is 47.0 Å². The van der Waals surface area contributed by atoms with Crippen LogP contribution in [0, 0.1) is 12.7 Å². The van der Waals surface area contributed by atoms with Gasteiger partial charge in [0.1, 0.15) is 5.82 Å². The fourth-order valence-electron chi connectivity index (χ4n) is 3.68. The average Bonchev–Trinajstić information content (AvgIpc) is 2.88. The van der Waals surface area contributed by atoms with Crippen LogP contribution in [0.1, 0.15) is 54.4 Å². The number of hydrogen-bond donors (Lipinski definition) is 1. The summed E-state index contributed by atoms with van der Waals surface area (Å²) in [6.45, 7) is 5.96. The van der Waals surface area contributed by atoms with Crippen LogP contribution in [0.2, 0.25) is 0 Å². The van der Waals surface area contributed by atoms with Crippen LogP contribution in [0.15, 0.2) is 24.3 Å². The van der Waals surface area contributed by atoms with Crippen molar-refractivity contribution in [2.24, 2.45) is 5.73 Å². The number of aromatic nitrogens is 1. The van der Waals surface area contributed by atoms with Crippen molar-refractivity contribution in [2.45, 2.75) is 52.5 Å². The van der Waals surface area contributed by atoms with Crippen molar-refractivity contribution in [1.29, 1.82) is 0 Å². The second kappa shape index (κ2) is 9.70. The number of rotatable bonds is 10. The normalized spacial score (nSPS) is 11.3. The number of nitrogens with zero attached hydrogens (tertiary/aromatic N) is 2. The van der Waals surface area contributed by atoms with E-state index in [1.165, 1.54) is 12.1 Å². The Balaban J connectivity index is 2.55. The molecule has 0 radical (unpaired) electrons. The van der Waals surface area contributed by atoms with Crippen LogP contribution in [0.4, 0.5) is 4.39 Å². The first-order chi connectivity index (χ1) is 12.9. The molecule has 0 bridgehead atoms. The van der Waals surface area contributed by atoms with E-state index in [2.05, 4.69) is 30.5 Å². The highest BCUT2D eigenvalue weighted by Crippen LogP contribution is 2.34. The van der Waals surface area contributed by atoms with Gasteiger partial charge in [-0.05, 0) is 64.5 Å². The SMILES string of the molecule is CCCCCc1c(-c2ccc(F)cc2)c(C(N)=O)c(C)n1CCCN(C)C. The van der Waals surface area contributed by atoms with E-state index in [4.69, 9.17) is 5.73 Å². The molecule has 0 saturated heterocycles. The number of benzene rings is 1. The summed E-state index contributed by atoms with van der Waals surface area (Å²) in [4.78, 5) is 14.4. The van der Waals surface area contributed by atoms with Gasteiger partial charge in [-0.15, -0.1) is 0 Å². The largest absolute Gasteiger partial charge is 0.366 e. The maximum atomic E-state index is 13.4. The topological polar surface area (TPSA) is 51.3 Å². The van der Waals surface area contributed by atoms with E-state index in [1.807, 2.05) is 6.92 Å². The minimum Gasteiger partial charge on any atom is -0.366 e. The van der Waals surface area contributed by atoms with Crippen molar-refractivity contribution in [2.75, 3.05) is 20.6 Å². The van der Waals surface area contributed by atoms with Crippen molar-refractivity contribution in [1.82, 2.24) is 9.47 Å². The van der Waals surface area contributed by atoms with Crippen LogP contribution in [-0.2, 0) is 13.0 Å². The first-order valence-corrected chi connectivity index (χ1v) is 9.79. The molecule has 2 rings (SSSR count). The number of carbonyl (C=O) groups excluding carboxylic acids is 1. The van der Waals surface area contributed by atoms with E-state index in [0.717, 1.165) is 67.7 Å². The lowest BCUT2D eigenvalue weighted by Gasteiger charge is -2.15. The first kappa shape index (κ1) is 21.2. The molecule has 0 spiro atoms. The Hall–Kier alpha value is -2.14. The number of nitrogens with two attached hydrogens (primary N) is 1. The van der Waals surface area contributed by atoms with Gasteiger partial charge in [0.15, 0.2) is 0 Å². The Morgan fingerprint density at radius 1 is 1.15 bits per heavy atom. The molecular formula is C22H32FN3O. The van der Waals surface area contributed by atoms with Crippen molar-refractivity contribution < 1.29 is 9.18 Å². The zero-order valence-corrected chi connectivity index (χ0v) is 17.0. The van der Waals surface area contributed by atoms with Gasteiger partial charge in [-0.1, -0.05) is 31.9 Å². The lowest BCUT2D eigenvalue weighted by molar-refractivity contribution is 0.1000. The molecule has 1 amide bonds. The van der Waals surface area contributed by atoms with Gasteiger partial charge in [0.2, 0.25) is 0 Å². The third kappa shape index (κ3) is 5.19. The number of unbranched alkanes of at least 4 members (excludes halogenated alkanes) is 2. The van der Waals surface area contributed by atoms with Crippen LogP contribution in [0.25, 0.3) is 11.1 Å². The average molecular weight is 374 g/mol. The molecule has 5 heteroatoms. The third-order valence-corrected chi connectivity index (χ3v) is 5.01. The fourth-order valence-corrected chi connectivity index (χ4v) is 3.68. The molecule has 0 aliphatic rings. The van der Waals surface area contributed by atoms with E-state index in [0.29, 0.717) is 5.56 Å². The van der Waals surface area contributed by atoms with Gasteiger partial charge in [-0.2, -0.15) is 0 Å². The van der Waals surface area contributed by atoms with Gasteiger partial charge in [0.25, 0.3) is 5.91 Å². The number of carbonyl (C=O) groups is 1. The molecule has 2 N–H and O–H groups in total. The summed E-state index contributed by atoms with van der Waals surface area (Å²) in [7, 11) is 4.12. The second-order valence-electron chi connectivity index (χ2n) is 7.42. The van der Waals surface area contributed by atoms with Crippen LogP contribution in [0.5, 0.6) is 0 Å². The number of halogens is 1. The van der Waals surface area contributed by atoms with Crippen molar-refractivity contribution in [3.8, 4) is 11.1 Å². The molecule has 27 heavy (non-hydrogen) atoms. The summed E-state index contributed by atoms with van der Waals surface area (Å²) in [5.41, 5.74) is 10.1. The van der Waals surface area contributed by atoms with E-state index < -0.39 is 5.91 Å². The number of primary amides is 1. The molecule has 1 aromatic carbocycles. The summed E-state index contributed by atoms with van der Waals surface area (Å²) in [6, 6.07) is 6.36. The first-order valence-electron chi connectivity index (χ1n) is 9.79. The zero-order chi connectivity index (χ0) is 20.0. The predicted octanol–water partition coefficient (Wildman–Crippen LogP) is 4.39. The van der Waals surface area contributed by atoms with E-state index >= 15 is 0 Å². The summed E-state index contributed by atoms with van der Waals surface area (Å²) in [5.74, 6) is -0.705. The van der Waals surface area contributed by atoms with Gasteiger partial charge >= 0.3 is 0 Å². The highest BCUT2D eigenvalue weighted by molar-refractivity contribution is 6.02. The number of amides is 1. The smallest absolute Gasteiger partial charge is 0.251 e. The highest BCUT2D eigenvalue weighted by Gasteiger charge is 2.24. The quantitative estimate of drug-likeness (QED) is 0.628. The van der Waals surface area contributed by atoms with Gasteiger partial charge < -0.3 is 15.2 Å². The standard InChI is InChI=1S/C22H32FN3O/c1-5-6-7-9-19-21(17-10-12-18(23)13-11-17)20(22(24)27)16(2)26(19)15-8-14-25(3)4/h10-13H,5-9,14-15H2,1-4H3,(H2,24,27). The monoisotopic (exact) mass is 373 g/mol. The van der Waals surface area contributed by atoms with Crippen LogP contribution >= 0.6 is 0 Å². The highest BCUT2D eigenvalue weighted by atomic mass is 19.1. The molecule has 0 saturated carbocycles. The maximum absolute atomic E-state index is 13.4. The molecule has 0 aliphatic heterocycles. The van der Waals surface area contributed by atoms with E-state index in [-0.39, 0.29) is 5.82 Å². The Morgan fingerprint density at radius 3 is 2.37 bits per heavy atom. The summed E-state index contributed by atoms with van der Waals surface area (Å²) < 4.78 is 15.7. The van der Waals surface area contributed by atoms with Crippen LogP contribution in [-0.4, -0.2) is 36.0 Å². The summed E-state index contributed by atoms with van der Waals surface area (Å²) in [5, 5.41) is 0.